The summed E-state index contributed by atoms with van der Waals surface area (Å²) in [5.41, 5.74) is 4.47. The van der Waals surface area contributed by atoms with Crippen LogP contribution in [0.5, 0.6) is 0 Å². The van der Waals surface area contributed by atoms with Crippen molar-refractivity contribution in [2.24, 2.45) is 16.7 Å². The molecule has 0 bridgehead atoms. The molecule has 3 aliphatic carbocycles. The predicted octanol–water partition coefficient (Wildman–Crippen LogP) is 6.43. The van der Waals surface area contributed by atoms with Crippen molar-refractivity contribution in [3.8, 4) is 0 Å². The third-order valence-electron chi connectivity index (χ3n) is 13.2. The number of nitrogens with zero attached hydrogens (tertiary/aromatic N) is 6. The van der Waals surface area contributed by atoms with Crippen LogP contribution in [0.1, 0.15) is 107 Å². The summed E-state index contributed by atoms with van der Waals surface area (Å²) in [4.78, 5) is 47.1. The quantitative estimate of drug-likeness (QED) is 0.0729. The number of aromatic nitrogens is 4. The lowest BCUT2D eigenvalue weighted by Crippen LogP contribution is -2.33. The van der Waals surface area contributed by atoms with Gasteiger partial charge in [0, 0.05) is 68.3 Å². The van der Waals surface area contributed by atoms with Gasteiger partial charge in [0.2, 0.25) is 11.9 Å². The average Bonchev–Trinajstić information content (AvgIpc) is 4.13. The van der Waals surface area contributed by atoms with Crippen molar-refractivity contribution in [2.75, 3.05) is 53.2 Å². The smallest absolute Gasteiger partial charge is 0.341 e. The Bertz CT molecular complexity index is 2270. The van der Waals surface area contributed by atoms with Gasteiger partial charge in [0.05, 0.1) is 19.3 Å². The molecule has 0 radical (unpaired) electrons. The maximum Gasteiger partial charge on any atom is 0.341 e. The summed E-state index contributed by atoms with van der Waals surface area (Å²) in [5, 5.41) is 48.2. The van der Waals surface area contributed by atoms with Crippen LogP contribution in [0.15, 0.2) is 48.8 Å². The topological polar surface area (TPSA) is 209 Å². The standard InChI is InChI=1S/C26H34ClN5O3.C19H21ClN4O3/c27-22-11-18(1-4-19(22)15-33)13-28-23-21(24(35)29-12-17-2-5-20(34)6-3-17)14-30-25(31-23)32-10-9-26(16-32)7-8-26;20-15-7-12(1-2-13(15)10-25)8-21-16-14(17(26)27)9-22-18(23-16)24-6-5-19(11-24)3-4-19/h1,4,11,14,17,20,33-34H,2-3,5-10,12-13,15-16H2,(H,29,35)(H,28,30,31);1-2,7,9,25H,3-6,8,10-11H2,(H,26,27)(H,21,22,23). The van der Waals surface area contributed by atoms with E-state index in [1.165, 1.54) is 38.3 Å². The fourth-order valence-electron chi connectivity index (χ4n) is 8.73. The molecule has 2 aromatic carbocycles. The number of hydrogen-bond acceptors (Lipinski definition) is 13. The van der Waals surface area contributed by atoms with E-state index in [1.54, 1.807) is 24.4 Å². The zero-order chi connectivity index (χ0) is 43.4. The van der Waals surface area contributed by atoms with Gasteiger partial charge in [-0.05, 0) is 115 Å². The number of halogens is 2. The number of carbonyl (C=O) groups is 2. The maximum atomic E-state index is 13.1. The molecule has 5 aliphatic rings. The lowest BCUT2D eigenvalue weighted by Gasteiger charge is -2.25. The Balaban J connectivity index is 0.000000176. The lowest BCUT2D eigenvalue weighted by atomic mass is 9.87. The Morgan fingerprint density at radius 1 is 0.710 bits per heavy atom. The number of hydrogen-bond donors (Lipinski definition) is 7. The second-order valence-corrected chi connectivity index (χ2v) is 18.6. The molecule has 2 saturated heterocycles. The fourth-order valence-corrected chi connectivity index (χ4v) is 9.26. The SMILES string of the molecule is O=C(NCC1CCC(O)CC1)c1cnc(N2CCC3(CC3)C2)nc1NCc1ccc(CO)c(Cl)c1.O=C(O)c1cnc(N2CCC3(CC3)C2)nc1NCc1ccc(CO)c(Cl)c1. The van der Waals surface area contributed by atoms with Gasteiger partial charge in [-0.15, -0.1) is 0 Å². The highest BCUT2D eigenvalue weighted by atomic mass is 35.5. The zero-order valence-electron chi connectivity index (χ0n) is 34.8. The van der Waals surface area contributed by atoms with E-state index in [0.717, 1.165) is 69.4 Å². The molecule has 4 heterocycles. The molecule has 17 heteroatoms. The van der Waals surface area contributed by atoms with E-state index in [0.29, 0.717) is 86.7 Å². The number of carboxylic acid groups (broad SMARTS) is 1. The Kier molecular flexibility index (Phi) is 13.4. The second kappa shape index (κ2) is 18.9. The van der Waals surface area contributed by atoms with Crippen LogP contribution < -0.4 is 25.8 Å². The van der Waals surface area contributed by atoms with E-state index in [2.05, 4.69) is 40.7 Å². The van der Waals surface area contributed by atoms with Gasteiger partial charge in [0.15, 0.2) is 0 Å². The Labute approximate surface area is 371 Å². The molecular formula is C45H55Cl2N9O6. The Morgan fingerprint density at radius 2 is 1.19 bits per heavy atom. The van der Waals surface area contributed by atoms with Crippen molar-refractivity contribution in [3.63, 3.8) is 0 Å². The number of carbonyl (C=O) groups excluding carboxylic acids is 1. The number of anilines is 4. The first-order valence-corrected chi connectivity index (χ1v) is 22.4. The Morgan fingerprint density at radius 3 is 1.63 bits per heavy atom. The molecule has 1 amide bonds. The van der Waals surface area contributed by atoms with E-state index < -0.39 is 5.97 Å². The van der Waals surface area contributed by atoms with E-state index >= 15 is 0 Å². The van der Waals surface area contributed by atoms with Gasteiger partial charge in [-0.2, -0.15) is 9.97 Å². The molecule has 62 heavy (non-hydrogen) atoms. The first kappa shape index (κ1) is 43.8. The van der Waals surface area contributed by atoms with Crippen LogP contribution in [0.25, 0.3) is 0 Å². The highest BCUT2D eigenvalue weighted by molar-refractivity contribution is 6.31. The zero-order valence-corrected chi connectivity index (χ0v) is 36.3. The molecular weight excluding hydrogens is 833 g/mol. The van der Waals surface area contributed by atoms with Gasteiger partial charge in [-0.25, -0.2) is 14.8 Å². The number of aromatic carboxylic acids is 1. The summed E-state index contributed by atoms with van der Waals surface area (Å²) in [6.45, 7) is 4.92. The number of benzene rings is 2. The highest BCUT2D eigenvalue weighted by Gasteiger charge is 2.49. The van der Waals surface area contributed by atoms with Crippen molar-refractivity contribution >= 4 is 58.6 Å². The van der Waals surface area contributed by atoms with Gasteiger partial charge in [-0.3, -0.25) is 4.79 Å². The van der Waals surface area contributed by atoms with Crippen LogP contribution >= 0.6 is 23.2 Å². The predicted molar refractivity (Wildman–Crippen MR) is 238 cm³/mol. The highest BCUT2D eigenvalue weighted by Crippen LogP contribution is 2.54. The van der Waals surface area contributed by atoms with Crippen LogP contribution in [0, 0.1) is 16.7 Å². The van der Waals surface area contributed by atoms with Gasteiger partial charge in [0.25, 0.3) is 5.91 Å². The lowest BCUT2D eigenvalue weighted by molar-refractivity contribution is 0.0696. The van der Waals surface area contributed by atoms with Crippen LogP contribution in [0.2, 0.25) is 10.0 Å². The van der Waals surface area contributed by atoms with Crippen molar-refractivity contribution in [2.45, 2.75) is 96.6 Å². The summed E-state index contributed by atoms with van der Waals surface area (Å²) in [5.74, 6) is 1.14. The second-order valence-electron chi connectivity index (χ2n) is 17.8. The summed E-state index contributed by atoms with van der Waals surface area (Å²) in [6.07, 6.45) is 13.6. The van der Waals surface area contributed by atoms with Crippen molar-refractivity contribution in [1.82, 2.24) is 25.3 Å². The summed E-state index contributed by atoms with van der Waals surface area (Å²) < 4.78 is 0. The number of carboxylic acids is 1. The third kappa shape index (κ3) is 10.5. The fraction of sp³-hybridized carbons (Fsp3) is 0.511. The molecule has 330 valence electrons. The van der Waals surface area contributed by atoms with Crippen LogP contribution in [-0.2, 0) is 26.3 Å². The van der Waals surface area contributed by atoms with E-state index in [1.807, 2.05) is 18.2 Å². The number of aliphatic hydroxyl groups is 3. The summed E-state index contributed by atoms with van der Waals surface area (Å²) in [6, 6.07) is 10.9. The molecule has 2 aliphatic heterocycles. The minimum Gasteiger partial charge on any atom is -0.477 e. The molecule has 4 aromatic rings. The first-order valence-electron chi connectivity index (χ1n) is 21.6. The first-order chi connectivity index (χ1) is 29.9. The largest absolute Gasteiger partial charge is 0.477 e. The number of rotatable bonds is 14. The third-order valence-corrected chi connectivity index (χ3v) is 14.0. The van der Waals surface area contributed by atoms with Crippen molar-refractivity contribution in [1.29, 1.82) is 0 Å². The van der Waals surface area contributed by atoms with Gasteiger partial charge >= 0.3 is 5.97 Å². The molecule has 7 N–H and O–H groups in total. The van der Waals surface area contributed by atoms with Crippen LogP contribution in [0.4, 0.5) is 23.5 Å². The monoisotopic (exact) mass is 887 g/mol. The van der Waals surface area contributed by atoms with Crippen molar-refractivity contribution < 1.29 is 30.0 Å². The summed E-state index contributed by atoms with van der Waals surface area (Å²) in [7, 11) is 0. The van der Waals surface area contributed by atoms with E-state index in [9.17, 15) is 30.0 Å². The minimum atomic E-state index is -1.07. The summed E-state index contributed by atoms with van der Waals surface area (Å²) >= 11 is 12.4. The molecule has 0 unspecified atom stereocenters. The number of nitrogens with one attached hydrogen (secondary N) is 3. The average molecular weight is 889 g/mol. The number of amides is 1. The van der Waals surface area contributed by atoms with Crippen LogP contribution in [-0.4, -0.2) is 91.1 Å². The van der Waals surface area contributed by atoms with E-state index in [4.69, 9.17) is 28.2 Å². The molecule has 2 spiro atoms. The maximum absolute atomic E-state index is 13.1. The molecule has 15 nitrogen and oxygen atoms in total. The van der Waals surface area contributed by atoms with Gasteiger partial charge in [0.1, 0.15) is 22.8 Å². The van der Waals surface area contributed by atoms with Gasteiger partial charge in [-0.1, -0.05) is 47.5 Å². The van der Waals surface area contributed by atoms with E-state index in [-0.39, 0.29) is 30.8 Å². The molecule has 9 rings (SSSR count). The van der Waals surface area contributed by atoms with Crippen molar-refractivity contribution in [3.05, 3.63) is 92.2 Å². The molecule has 3 saturated carbocycles. The molecule has 2 aromatic heterocycles. The number of aliphatic hydroxyl groups excluding tert-OH is 3. The normalized spacial score (nSPS) is 20.5. The molecule has 0 atom stereocenters. The van der Waals surface area contributed by atoms with Crippen LogP contribution in [0.3, 0.4) is 0 Å². The molecule has 5 fully saturated rings. The van der Waals surface area contributed by atoms with Gasteiger partial charge < -0.3 is 46.2 Å². The Hall–Kier alpha value is -4.80. The minimum absolute atomic E-state index is 0.0390.